The van der Waals surface area contributed by atoms with E-state index in [0.717, 1.165) is 33.4 Å². The van der Waals surface area contributed by atoms with E-state index in [-0.39, 0.29) is 23.4 Å². The summed E-state index contributed by atoms with van der Waals surface area (Å²) in [6, 6.07) is 11.8. The molecular weight excluding hydrogens is 572 g/mol. The van der Waals surface area contributed by atoms with E-state index in [4.69, 9.17) is 17.5 Å². The number of carbonyl (C=O) groups excluding carboxylic acids is 2. The second-order valence-electron chi connectivity index (χ2n) is 10.5. The minimum atomic E-state index is -4.67. The second-order valence-corrected chi connectivity index (χ2v) is 11.4. The molecule has 0 amide bonds. The van der Waals surface area contributed by atoms with Crippen LogP contribution in [0.5, 0.6) is 0 Å². The number of allylic oxidation sites excluding steroid dienone is 2. The molecule has 0 aliphatic heterocycles. The molecule has 2 aromatic heterocycles. The Bertz CT molecular complexity index is 1770. The van der Waals surface area contributed by atoms with Gasteiger partial charge in [0.05, 0.1) is 33.5 Å². The van der Waals surface area contributed by atoms with E-state index in [2.05, 4.69) is 19.9 Å². The fourth-order valence-corrected chi connectivity index (χ4v) is 4.34. The van der Waals surface area contributed by atoms with Gasteiger partial charge in [-0.3, -0.25) is 18.7 Å². The van der Waals surface area contributed by atoms with Gasteiger partial charge in [0.15, 0.2) is 11.6 Å². The Morgan fingerprint density at radius 2 is 0.977 bits per heavy atom. The Morgan fingerprint density at radius 1 is 0.628 bits per heavy atom. The molecule has 2 N–H and O–H groups in total. The van der Waals surface area contributed by atoms with Crippen LogP contribution in [0.3, 0.4) is 0 Å². The Balaban J connectivity index is 0.000000171. The summed E-state index contributed by atoms with van der Waals surface area (Å²) >= 11 is 0. The average molecular weight is 605 g/mol. The van der Waals surface area contributed by atoms with Gasteiger partial charge in [-0.2, -0.15) is 8.42 Å². The molecule has 2 aromatic carbocycles. The first-order valence-corrected chi connectivity index (χ1v) is 14.6. The SMILES string of the molecule is CC1C=Cc2nc3cc(N(C)C)ccc3nc2C1=O.CC1C=Cc2nc3cc(N(C)C)ccc3nc2C1=O.O=S(=O)(O)O. The Labute approximate surface area is 249 Å². The number of fused-ring (bicyclic) bond motifs is 4. The maximum Gasteiger partial charge on any atom is 0.394 e. The van der Waals surface area contributed by atoms with Crippen LogP contribution in [0.1, 0.15) is 46.2 Å². The summed E-state index contributed by atoms with van der Waals surface area (Å²) in [6.07, 6.45) is 7.52. The van der Waals surface area contributed by atoms with Crippen molar-refractivity contribution < 1.29 is 27.1 Å². The summed E-state index contributed by atoms with van der Waals surface area (Å²) in [5, 5.41) is 0. The summed E-state index contributed by atoms with van der Waals surface area (Å²) < 4.78 is 31.6. The van der Waals surface area contributed by atoms with Gasteiger partial charge < -0.3 is 9.80 Å². The molecule has 0 bridgehead atoms. The molecule has 0 fully saturated rings. The largest absolute Gasteiger partial charge is 0.394 e. The molecule has 224 valence electrons. The number of carbonyl (C=O) groups is 2. The van der Waals surface area contributed by atoms with Crippen molar-refractivity contribution in [2.75, 3.05) is 38.0 Å². The van der Waals surface area contributed by atoms with Crippen LogP contribution in [0.15, 0.2) is 48.6 Å². The van der Waals surface area contributed by atoms with Crippen molar-refractivity contribution in [3.63, 3.8) is 0 Å². The minimum absolute atomic E-state index is 0.0450. The van der Waals surface area contributed by atoms with Crippen LogP contribution >= 0.6 is 0 Å². The van der Waals surface area contributed by atoms with Crippen molar-refractivity contribution in [3.05, 3.63) is 71.3 Å². The van der Waals surface area contributed by atoms with E-state index in [1.165, 1.54) is 0 Å². The quantitative estimate of drug-likeness (QED) is 0.309. The molecule has 4 aromatic rings. The highest BCUT2D eigenvalue weighted by molar-refractivity contribution is 7.79. The average Bonchev–Trinajstić information content (AvgIpc) is 2.94. The second kappa shape index (κ2) is 12.3. The first-order chi connectivity index (χ1) is 20.1. The van der Waals surface area contributed by atoms with Gasteiger partial charge in [-0.25, -0.2) is 19.9 Å². The summed E-state index contributed by atoms with van der Waals surface area (Å²) in [7, 11) is 3.27. The van der Waals surface area contributed by atoms with Crippen molar-refractivity contribution >= 4 is 67.6 Å². The van der Waals surface area contributed by atoms with Crippen molar-refractivity contribution in [2.45, 2.75) is 13.8 Å². The van der Waals surface area contributed by atoms with Crippen molar-refractivity contribution in [3.8, 4) is 0 Å². The van der Waals surface area contributed by atoms with Gasteiger partial charge in [-0.05, 0) is 48.6 Å². The van der Waals surface area contributed by atoms with Gasteiger partial charge in [0.25, 0.3) is 0 Å². The molecule has 2 aliphatic rings. The first-order valence-electron chi connectivity index (χ1n) is 13.3. The van der Waals surface area contributed by atoms with E-state index in [1.807, 2.05) is 113 Å². The maximum atomic E-state index is 12.1. The van der Waals surface area contributed by atoms with E-state index in [9.17, 15) is 9.59 Å². The van der Waals surface area contributed by atoms with Gasteiger partial charge >= 0.3 is 10.4 Å². The summed E-state index contributed by atoms with van der Waals surface area (Å²) in [4.78, 5) is 46.2. The molecular formula is C30H32N6O6S. The third-order valence-electron chi connectivity index (χ3n) is 6.76. The highest BCUT2D eigenvalue weighted by Crippen LogP contribution is 2.26. The maximum absolute atomic E-state index is 12.1. The van der Waals surface area contributed by atoms with Gasteiger partial charge in [-0.15, -0.1) is 0 Å². The molecule has 2 atom stereocenters. The lowest BCUT2D eigenvalue weighted by molar-refractivity contribution is 0.0939. The number of nitrogens with zero attached hydrogens (tertiary/aromatic N) is 6. The van der Waals surface area contributed by atoms with Crippen molar-refractivity contribution in [1.29, 1.82) is 0 Å². The van der Waals surface area contributed by atoms with Crippen LogP contribution in [-0.4, -0.2) is 77.2 Å². The molecule has 6 rings (SSSR count). The standard InChI is InChI=1S/2C15H15N3O.H2O4S/c2*1-9-4-6-12-14(15(9)19)17-11-7-5-10(18(2)3)8-13(11)16-12;1-5(2,3)4/h2*4-9H,1-3H3;(H2,1,2,3,4). The zero-order valence-corrected chi connectivity index (χ0v) is 25.4. The van der Waals surface area contributed by atoms with Crippen molar-refractivity contribution in [2.24, 2.45) is 11.8 Å². The number of aromatic nitrogens is 4. The van der Waals surface area contributed by atoms with Crippen LogP contribution in [0.4, 0.5) is 11.4 Å². The van der Waals surface area contributed by atoms with Crippen LogP contribution in [0.25, 0.3) is 34.2 Å². The monoisotopic (exact) mass is 604 g/mol. The molecule has 2 unspecified atom stereocenters. The summed E-state index contributed by atoms with van der Waals surface area (Å²) in [5.74, 6) is -0.132. The zero-order valence-electron chi connectivity index (χ0n) is 24.5. The molecule has 0 saturated carbocycles. The Hall–Kier alpha value is -4.59. The first kappa shape index (κ1) is 31.3. The van der Waals surface area contributed by atoms with Crippen LogP contribution < -0.4 is 9.80 Å². The zero-order chi connectivity index (χ0) is 31.6. The van der Waals surface area contributed by atoms with E-state index in [1.54, 1.807) is 0 Å². The number of benzene rings is 2. The lowest BCUT2D eigenvalue weighted by Crippen LogP contribution is -2.17. The number of rotatable bonds is 2. The van der Waals surface area contributed by atoms with Crippen molar-refractivity contribution in [1.82, 2.24) is 19.9 Å². The molecule has 12 nitrogen and oxygen atoms in total. The summed E-state index contributed by atoms with van der Waals surface area (Å²) in [5.41, 5.74) is 7.62. The lowest BCUT2D eigenvalue weighted by Gasteiger charge is -2.15. The van der Waals surface area contributed by atoms with Gasteiger partial charge in [-0.1, -0.05) is 26.0 Å². The lowest BCUT2D eigenvalue weighted by atomic mass is 9.96. The van der Waals surface area contributed by atoms with Crippen LogP contribution in [0.2, 0.25) is 0 Å². The van der Waals surface area contributed by atoms with E-state index in [0.29, 0.717) is 22.8 Å². The minimum Gasteiger partial charge on any atom is -0.378 e. The van der Waals surface area contributed by atoms with Gasteiger partial charge in [0, 0.05) is 51.4 Å². The molecule has 2 aliphatic carbocycles. The van der Waals surface area contributed by atoms with E-state index >= 15 is 0 Å². The third kappa shape index (κ3) is 7.44. The Kier molecular flexibility index (Phi) is 8.99. The molecule has 13 heteroatoms. The number of hydrogen-bond acceptors (Lipinski definition) is 10. The molecule has 43 heavy (non-hydrogen) atoms. The van der Waals surface area contributed by atoms with Gasteiger partial charge in [0.2, 0.25) is 0 Å². The predicted octanol–water partition coefficient (Wildman–Crippen LogP) is 4.43. The highest BCUT2D eigenvalue weighted by Gasteiger charge is 2.24. The molecule has 2 heterocycles. The van der Waals surface area contributed by atoms with Crippen LogP contribution in [0, 0.1) is 11.8 Å². The fraction of sp³-hybridized carbons (Fsp3) is 0.267. The smallest absolute Gasteiger partial charge is 0.378 e. The number of hydrogen-bond donors (Lipinski definition) is 2. The number of anilines is 2. The van der Waals surface area contributed by atoms with Crippen LogP contribution in [-0.2, 0) is 10.4 Å². The molecule has 0 saturated heterocycles. The number of ketones is 2. The number of Topliss-reactive ketones (excluding diaryl/α,β-unsaturated/α-hetero) is 2. The van der Waals surface area contributed by atoms with E-state index < -0.39 is 10.4 Å². The molecule has 0 radical (unpaired) electrons. The third-order valence-corrected chi connectivity index (χ3v) is 6.76. The Morgan fingerprint density at radius 3 is 1.30 bits per heavy atom. The fourth-order valence-electron chi connectivity index (χ4n) is 4.34. The topological polar surface area (TPSA) is 167 Å². The normalized spacial score (nSPS) is 16.9. The predicted molar refractivity (Wildman–Crippen MR) is 167 cm³/mol. The van der Waals surface area contributed by atoms with Gasteiger partial charge in [0.1, 0.15) is 11.4 Å². The summed E-state index contributed by atoms with van der Waals surface area (Å²) in [6.45, 7) is 3.76. The molecule has 0 spiro atoms. The highest BCUT2D eigenvalue weighted by atomic mass is 32.3.